The molecule has 0 aliphatic heterocycles. The lowest BCUT2D eigenvalue weighted by Gasteiger charge is -2.34. The van der Waals surface area contributed by atoms with Crippen molar-refractivity contribution in [3.8, 4) is 0 Å². The number of rotatable bonds is 28. The second kappa shape index (κ2) is 24.7. The Morgan fingerprint density at radius 1 is 0.667 bits per heavy atom. The summed E-state index contributed by atoms with van der Waals surface area (Å²) in [6.07, 6.45) is 17.4. The van der Waals surface area contributed by atoms with Gasteiger partial charge in [-0.1, -0.05) is 116 Å². The van der Waals surface area contributed by atoms with E-state index in [4.69, 9.17) is 18.9 Å². The van der Waals surface area contributed by atoms with Gasteiger partial charge in [-0.3, -0.25) is 0 Å². The van der Waals surface area contributed by atoms with Gasteiger partial charge >= 0.3 is 25.1 Å². The molecule has 0 amide bonds. The van der Waals surface area contributed by atoms with Crippen LogP contribution in [0.25, 0.3) is 0 Å². The van der Waals surface area contributed by atoms with Crippen LogP contribution in [0.1, 0.15) is 130 Å². The van der Waals surface area contributed by atoms with Gasteiger partial charge in [-0.2, -0.15) is 0 Å². The number of carbonyl (C=O) groups excluding carboxylic acids is 1. The summed E-state index contributed by atoms with van der Waals surface area (Å²) in [7, 11) is -2.50. The molecule has 6 nitrogen and oxygen atoms in total. The first kappa shape index (κ1) is 35.4. The van der Waals surface area contributed by atoms with E-state index in [1.165, 1.54) is 0 Å². The molecule has 0 heterocycles. The SMILES string of the molecule is C=CC(=O)[P+](=O)C(OCCCCCC)C(OCCCCCC)(OCCCCCC)OCCCCCC. The zero-order chi connectivity index (χ0) is 26.9. The highest BCUT2D eigenvalue weighted by atomic mass is 31.1. The van der Waals surface area contributed by atoms with Crippen molar-refractivity contribution in [1.29, 1.82) is 0 Å². The van der Waals surface area contributed by atoms with E-state index in [-0.39, 0.29) is 0 Å². The molecule has 0 fully saturated rings. The molecule has 36 heavy (non-hydrogen) atoms. The maximum absolute atomic E-state index is 13.4. The average molecular weight is 532 g/mol. The van der Waals surface area contributed by atoms with E-state index in [9.17, 15) is 9.36 Å². The largest absolute Gasteiger partial charge is 0.460 e. The van der Waals surface area contributed by atoms with Gasteiger partial charge in [-0.15, -0.1) is 0 Å². The van der Waals surface area contributed by atoms with Gasteiger partial charge in [0, 0.05) is 6.08 Å². The Morgan fingerprint density at radius 3 is 1.36 bits per heavy atom. The van der Waals surface area contributed by atoms with Crippen LogP contribution in [-0.2, 0) is 28.3 Å². The van der Waals surface area contributed by atoms with Crippen LogP contribution in [0.15, 0.2) is 12.7 Å². The Balaban J connectivity index is 5.83. The lowest BCUT2D eigenvalue weighted by Crippen LogP contribution is -2.51. The molecule has 0 aromatic carbocycles. The number of unbranched alkanes of at least 4 members (excludes halogenated alkanes) is 12. The first-order valence-corrected chi connectivity index (χ1v) is 16.0. The van der Waals surface area contributed by atoms with E-state index in [1.807, 2.05) is 0 Å². The molecule has 0 aliphatic carbocycles. The number of hydrogen-bond acceptors (Lipinski definition) is 6. The number of allylic oxidation sites excluding steroid dienone is 1. The Kier molecular flexibility index (Phi) is 24.2. The van der Waals surface area contributed by atoms with Gasteiger partial charge in [0.15, 0.2) is 0 Å². The van der Waals surface area contributed by atoms with E-state index >= 15 is 0 Å². The molecular weight excluding hydrogens is 475 g/mol. The quantitative estimate of drug-likeness (QED) is 0.0434. The molecule has 0 rings (SSSR count). The molecule has 0 saturated carbocycles. The Hall–Kier alpha value is -0.650. The molecule has 0 aromatic rings. The first-order valence-electron chi connectivity index (χ1n) is 14.7. The van der Waals surface area contributed by atoms with E-state index in [2.05, 4.69) is 34.3 Å². The molecule has 0 bridgehead atoms. The highest BCUT2D eigenvalue weighted by Crippen LogP contribution is 2.42. The third-order valence-corrected chi connectivity index (χ3v) is 7.59. The van der Waals surface area contributed by atoms with E-state index in [1.54, 1.807) is 0 Å². The summed E-state index contributed by atoms with van der Waals surface area (Å²) in [6, 6.07) is 0. The molecule has 212 valence electrons. The van der Waals surface area contributed by atoms with Crippen molar-refractivity contribution in [3.05, 3.63) is 12.7 Å². The van der Waals surface area contributed by atoms with Gasteiger partial charge in [0.05, 0.1) is 26.4 Å². The van der Waals surface area contributed by atoms with Gasteiger partial charge in [-0.05, 0) is 25.7 Å². The minimum Gasteiger partial charge on any atom is -0.328 e. The van der Waals surface area contributed by atoms with Crippen molar-refractivity contribution >= 4 is 13.3 Å². The van der Waals surface area contributed by atoms with Crippen LogP contribution >= 0.6 is 7.80 Å². The highest BCUT2D eigenvalue weighted by Gasteiger charge is 2.58. The number of hydrogen-bond donors (Lipinski definition) is 0. The van der Waals surface area contributed by atoms with Crippen LogP contribution in [0, 0.1) is 0 Å². The fourth-order valence-corrected chi connectivity index (χ4v) is 4.97. The summed E-state index contributed by atoms with van der Waals surface area (Å²) in [5.74, 6) is -2.80. The van der Waals surface area contributed by atoms with E-state index in [0.717, 1.165) is 109 Å². The zero-order valence-corrected chi connectivity index (χ0v) is 24.8. The van der Waals surface area contributed by atoms with Crippen molar-refractivity contribution in [2.24, 2.45) is 0 Å². The molecule has 0 spiro atoms. The fraction of sp³-hybridized carbons (Fsp3) is 0.897. The Morgan fingerprint density at radius 2 is 1.03 bits per heavy atom. The summed E-state index contributed by atoms with van der Waals surface area (Å²) < 4.78 is 38.5. The summed E-state index contributed by atoms with van der Waals surface area (Å²) >= 11 is 0. The monoisotopic (exact) mass is 531 g/mol. The maximum Gasteiger partial charge on any atom is 0.460 e. The van der Waals surface area contributed by atoms with Crippen molar-refractivity contribution in [2.45, 2.75) is 142 Å². The summed E-state index contributed by atoms with van der Waals surface area (Å²) in [5, 5.41) is 0. The smallest absolute Gasteiger partial charge is 0.328 e. The van der Waals surface area contributed by atoms with Crippen LogP contribution < -0.4 is 0 Å². The Labute approximate surface area is 223 Å². The fourth-order valence-electron chi connectivity index (χ4n) is 3.81. The van der Waals surface area contributed by atoms with Crippen LogP contribution in [0.4, 0.5) is 0 Å². The molecule has 2 unspecified atom stereocenters. The van der Waals surface area contributed by atoms with Gasteiger partial charge in [0.1, 0.15) is 0 Å². The lowest BCUT2D eigenvalue weighted by atomic mass is 10.2. The molecule has 0 aliphatic rings. The van der Waals surface area contributed by atoms with Crippen LogP contribution in [-0.4, -0.2) is 43.8 Å². The maximum atomic E-state index is 13.4. The Bertz CT molecular complexity index is 518. The minimum absolute atomic E-state index is 0.371. The van der Waals surface area contributed by atoms with Crippen LogP contribution in [0.3, 0.4) is 0 Å². The van der Waals surface area contributed by atoms with Gasteiger partial charge in [-0.25, -0.2) is 4.79 Å². The average Bonchev–Trinajstić information content (AvgIpc) is 2.89. The minimum atomic E-state index is -2.50. The van der Waals surface area contributed by atoms with E-state index in [0.29, 0.717) is 26.4 Å². The second-order valence-electron chi connectivity index (χ2n) is 9.48. The predicted molar refractivity (Wildman–Crippen MR) is 150 cm³/mol. The first-order chi connectivity index (χ1) is 17.5. The van der Waals surface area contributed by atoms with Crippen molar-refractivity contribution in [1.82, 2.24) is 0 Å². The normalized spacial score (nSPS) is 13.1. The molecular formula is C29H56O6P+. The van der Waals surface area contributed by atoms with Crippen molar-refractivity contribution < 1.29 is 28.3 Å². The summed E-state index contributed by atoms with van der Waals surface area (Å²) in [5.41, 5.74) is -0.563. The molecule has 7 heteroatoms. The van der Waals surface area contributed by atoms with Gasteiger partial charge < -0.3 is 18.9 Å². The topological polar surface area (TPSA) is 71.1 Å². The number of ether oxygens (including phenoxy) is 4. The lowest BCUT2D eigenvalue weighted by molar-refractivity contribution is -0.404. The summed E-state index contributed by atoms with van der Waals surface area (Å²) in [6.45, 7) is 13.7. The van der Waals surface area contributed by atoms with Crippen molar-refractivity contribution in [3.63, 3.8) is 0 Å². The highest BCUT2D eigenvalue weighted by molar-refractivity contribution is 7.64. The molecule has 0 aromatic heterocycles. The second-order valence-corrected chi connectivity index (χ2v) is 11.0. The molecule has 0 saturated heterocycles. The van der Waals surface area contributed by atoms with Gasteiger partial charge in [0.25, 0.3) is 0 Å². The van der Waals surface area contributed by atoms with Gasteiger partial charge in [0.2, 0.25) is 0 Å². The van der Waals surface area contributed by atoms with Crippen molar-refractivity contribution in [2.75, 3.05) is 26.4 Å². The predicted octanol–water partition coefficient (Wildman–Crippen LogP) is 8.89. The molecule has 0 N–H and O–H groups in total. The number of carbonyl (C=O) groups is 1. The molecule has 2 atom stereocenters. The summed E-state index contributed by atoms with van der Waals surface area (Å²) in [4.78, 5) is 12.5. The van der Waals surface area contributed by atoms with Crippen LogP contribution in [0.2, 0.25) is 0 Å². The molecule has 0 radical (unpaired) electrons. The standard InChI is InChI=1S/C29H56O6P/c1-6-11-15-19-23-32-28(36(31)27(30)10-5)29(33-24-20-16-12-7-2,34-25-21-17-13-8-3)35-26-22-18-14-9-4/h10,28H,5-9,11-26H2,1-4H3/q+1. The third-order valence-electron chi connectivity index (χ3n) is 6.08. The third kappa shape index (κ3) is 16.2. The van der Waals surface area contributed by atoms with E-state index < -0.39 is 25.1 Å². The van der Waals surface area contributed by atoms with Crippen LogP contribution in [0.5, 0.6) is 0 Å². The zero-order valence-electron chi connectivity index (χ0n) is 23.9.